The summed E-state index contributed by atoms with van der Waals surface area (Å²) in [5.41, 5.74) is 2.34. The third-order valence-corrected chi connectivity index (χ3v) is 5.74. The molecule has 9 heteroatoms. The number of carbonyl (C=O) groups is 1. The highest BCUT2D eigenvalue weighted by atomic mass is 16.2. The molecule has 0 saturated carbocycles. The number of amides is 1. The molecule has 0 unspecified atom stereocenters. The third kappa shape index (κ3) is 3.51. The lowest BCUT2D eigenvalue weighted by Gasteiger charge is -2.39. The molecule has 9 nitrogen and oxygen atoms in total. The maximum Gasteiger partial charge on any atom is 0.266 e. The molecule has 1 aliphatic heterocycles. The van der Waals surface area contributed by atoms with Crippen molar-refractivity contribution in [3.05, 3.63) is 86.2 Å². The zero-order valence-corrected chi connectivity index (χ0v) is 17.8. The molecule has 1 amide bonds. The number of carbonyl (C=O) groups excluding carboxylic acids is 1. The minimum absolute atomic E-state index is 0.105. The lowest BCUT2D eigenvalue weighted by Crippen LogP contribution is -2.52. The largest absolute Gasteiger partial charge is 0.338 e. The number of likely N-dealkylation sites (tertiary alicyclic amines) is 1. The Balaban J connectivity index is 1.32. The van der Waals surface area contributed by atoms with Crippen molar-refractivity contribution in [3.8, 4) is 5.82 Å². The molecule has 1 aromatic carbocycles. The van der Waals surface area contributed by atoms with Gasteiger partial charge >= 0.3 is 0 Å². The summed E-state index contributed by atoms with van der Waals surface area (Å²) in [7, 11) is 0. The second-order valence-electron chi connectivity index (χ2n) is 8.22. The number of benzene rings is 1. The van der Waals surface area contributed by atoms with Crippen LogP contribution in [0.1, 0.15) is 21.7 Å². The molecule has 0 aliphatic carbocycles. The van der Waals surface area contributed by atoms with Crippen molar-refractivity contribution < 1.29 is 4.79 Å². The van der Waals surface area contributed by atoms with E-state index in [0.717, 1.165) is 16.8 Å². The van der Waals surface area contributed by atoms with Crippen molar-refractivity contribution in [2.75, 3.05) is 13.1 Å². The molecule has 162 valence electrons. The van der Waals surface area contributed by atoms with E-state index >= 15 is 0 Å². The van der Waals surface area contributed by atoms with Crippen LogP contribution in [0.2, 0.25) is 0 Å². The zero-order chi connectivity index (χ0) is 22.4. The van der Waals surface area contributed by atoms with Gasteiger partial charge in [-0.3, -0.25) is 14.4 Å². The van der Waals surface area contributed by atoms with Crippen molar-refractivity contribution in [2.45, 2.75) is 20.4 Å². The van der Waals surface area contributed by atoms with Gasteiger partial charge in [-0.05, 0) is 32.0 Å². The van der Waals surface area contributed by atoms with Crippen LogP contribution in [0.25, 0.3) is 16.7 Å². The van der Waals surface area contributed by atoms with Gasteiger partial charge in [0, 0.05) is 47.7 Å². The number of para-hydroxylation sites is 1. The molecule has 0 spiro atoms. The molecule has 4 heterocycles. The number of hydrogen-bond donors (Lipinski definition) is 1. The van der Waals surface area contributed by atoms with Crippen molar-refractivity contribution >= 4 is 16.8 Å². The van der Waals surface area contributed by atoms with Crippen LogP contribution in [0.15, 0.2) is 58.1 Å². The van der Waals surface area contributed by atoms with E-state index in [1.165, 1.54) is 16.8 Å². The Morgan fingerprint density at radius 3 is 2.59 bits per heavy atom. The quantitative estimate of drug-likeness (QED) is 0.530. The standard InChI is InChI=1S/C23H22N6O3/c1-14-9-15(2)29(25-14)20-7-8-22(31)28(26-20)13-16-11-27(12-16)23(32)18-10-21(30)24-19-6-4-3-5-17(18)19/h3-10,16H,11-13H2,1-2H3,(H,24,30). The smallest absolute Gasteiger partial charge is 0.266 e. The Morgan fingerprint density at radius 2 is 1.84 bits per heavy atom. The summed E-state index contributed by atoms with van der Waals surface area (Å²) in [6.45, 7) is 5.25. The lowest BCUT2D eigenvalue weighted by atomic mass is 9.98. The molecule has 4 aromatic rings. The third-order valence-electron chi connectivity index (χ3n) is 5.74. The lowest BCUT2D eigenvalue weighted by molar-refractivity contribution is 0.0460. The van der Waals surface area contributed by atoms with Crippen LogP contribution in [-0.2, 0) is 6.54 Å². The highest BCUT2D eigenvalue weighted by Gasteiger charge is 2.32. The number of fused-ring (bicyclic) bond motifs is 1. The summed E-state index contributed by atoms with van der Waals surface area (Å²) in [6.07, 6.45) is 0. The number of hydrogen-bond acceptors (Lipinski definition) is 5. The molecule has 1 saturated heterocycles. The number of nitrogens with zero attached hydrogens (tertiary/aromatic N) is 5. The molecule has 5 rings (SSSR count). The molecular formula is C23H22N6O3. The number of rotatable bonds is 4. The number of H-pyrrole nitrogens is 1. The van der Waals surface area contributed by atoms with Gasteiger partial charge in [-0.1, -0.05) is 18.2 Å². The molecule has 0 radical (unpaired) electrons. The fourth-order valence-electron chi connectivity index (χ4n) is 4.19. The van der Waals surface area contributed by atoms with Crippen LogP contribution >= 0.6 is 0 Å². The fourth-order valence-corrected chi connectivity index (χ4v) is 4.19. The van der Waals surface area contributed by atoms with E-state index < -0.39 is 0 Å². The number of nitrogens with one attached hydrogen (secondary N) is 1. The average molecular weight is 430 g/mol. The summed E-state index contributed by atoms with van der Waals surface area (Å²) >= 11 is 0. The Labute approximate surface area is 182 Å². The van der Waals surface area contributed by atoms with Crippen LogP contribution in [0, 0.1) is 19.8 Å². The first kappa shape index (κ1) is 19.9. The number of aryl methyl sites for hydroxylation is 2. The second-order valence-corrected chi connectivity index (χ2v) is 8.22. The van der Waals surface area contributed by atoms with E-state index in [9.17, 15) is 14.4 Å². The molecule has 1 aliphatic rings. The Bertz CT molecular complexity index is 1460. The van der Waals surface area contributed by atoms with Crippen LogP contribution in [0.5, 0.6) is 0 Å². The van der Waals surface area contributed by atoms with E-state index in [-0.39, 0.29) is 22.9 Å². The summed E-state index contributed by atoms with van der Waals surface area (Å²) in [5.74, 6) is 0.505. The average Bonchev–Trinajstić information content (AvgIpc) is 3.08. The van der Waals surface area contributed by atoms with Gasteiger partial charge in [-0.25, -0.2) is 9.36 Å². The summed E-state index contributed by atoms with van der Waals surface area (Å²) in [6, 6.07) is 13.7. The highest BCUT2D eigenvalue weighted by Crippen LogP contribution is 2.23. The number of aromatic nitrogens is 5. The normalized spacial score (nSPS) is 14.0. The first-order valence-electron chi connectivity index (χ1n) is 10.4. The first-order valence-corrected chi connectivity index (χ1v) is 10.4. The van der Waals surface area contributed by atoms with Gasteiger partial charge in [-0.2, -0.15) is 5.10 Å². The van der Waals surface area contributed by atoms with E-state index in [1.54, 1.807) is 21.7 Å². The Hall–Kier alpha value is -4.01. The zero-order valence-electron chi connectivity index (χ0n) is 17.8. The van der Waals surface area contributed by atoms with Crippen molar-refractivity contribution in [1.82, 2.24) is 29.4 Å². The van der Waals surface area contributed by atoms with Crippen molar-refractivity contribution in [3.63, 3.8) is 0 Å². The van der Waals surface area contributed by atoms with Crippen molar-refractivity contribution in [2.24, 2.45) is 5.92 Å². The second kappa shape index (κ2) is 7.60. The van der Waals surface area contributed by atoms with Gasteiger partial charge in [0.15, 0.2) is 5.82 Å². The van der Waals surface area contributed by atoms with Crippen LogP contribution in [-0.4, -0.2) is 48.4 Å². The van der Waals surface area contributed by atoms with E-state index in [2.05, 4.69) is 15.2 Å². The molecule has 0 atom stereocenters. The van der Waals surface area contributed by atoms with Gasteiger partial charge in [0.05, 0.1) is 17.8 Å². The van der Waals surface area contributed by atoms with E-state index in [4.69, 9.17) is 0 Å². The molecule has 3 aromatic heterocycles. The van der Waals surface area contributed by atoms with E-state index in [0.29, 0.717) is 36.5 Å². The first-order chi connectivity index (χ1) is 15.4. The van der Waals surface area contributed by atoms with Crippen LogP contribution in [0.4, 0.5) is 0 Å². The number of pyridine rings is 1. The highest BCUT2D eigenvalue weighted by molar-refractivity contribution is 6.06. The summed E-state index contributed by atoms with van der Waals surface area (Å²) in [4.78, 5) is 41.8. The monoisotopic (exact) mass is 430 g/mol. The van der Waals surface area contributed by atoms with Gasteiger partial charge in [-0.15, -0.1) is 5.10 Å². The fraction of sp³-hybridized carbons (Fsp3) is 0.261. The maximum atomic E-state index is 13.0. The number of aromatic amines is 1. The molecular weight excluding hydrogens is 408 g/mol. The molecule has 32 heavy (non-hydrogen) atoms. The minimum atomic E-state index is -0.305. The molecule has 0 bridgehead atoms. The molecule has 1 N–H and O–H groups in total. The predicted octanol–water partition coefficient (Wildman–Crippen LogP) is 1.66. The predicted molar refractivity (Wildman–Crippen MR) is 119 cm³/mol. The molecule has 1 fully saturated rings. The van der Waals surface area contributed by atoms with Gasteiger partial charge in [0.25, 0.3) is 11.5 Å². The summed E-state index contributed by atoms with van der Waals surface area (Å²) < 4.78 is 3.14. The van der Waals surface area contributed by atoms with Crippen molar-refractivity contribution in [1.29, 1.82) is 0 Å². The Morgan fingerprint density at radius 1 is 1.06 bits per heavy atom. The van der Waals surface area contributed by atoms with E-state index in [1.807, 2.05) is 38.1 Å². The van der Waals surface area contributed by atoms with Crippen LogP contribution in [0.3, 0.4) is 0 Å². The van der Waals surface area contributed by atoms with Gasteiger partial charge < -0.3 is 9.88 Å². The topological polar surface area (TPSA) is 106 Å². The maximum absolute atomic E-state index is 13.0. The van der Waals surface area contributed by atoms with Gasteiger partial charge in [0.2, 0.25) is 5.56 Å². The Kier molecular flexibility index (Phi) is 4.73. The SMILES string of the molecule is Cc1cc(C)n(-c2ccc(=O)n(CC3CN(C(=O)c4cc(=O)[nH]c5ccccc45)C3)n2)n1. The van der Waals surface area contributed by atoms with Crippen LogP contribution < -0.4 is 11.1 Å². The van der Waals surface area contributed by atoms with Gasteiger partial charge in [0.1, 0.15) is 0 Å². The minimum Gasteiger partial charge on any atom is -0.338 e. The summed E-state index contributed by atoms with van der Waals surface area (Å²) in [5, 5.41) is 9.62.